The number of aromatic nitrogens is 2. The highest BCUT2D eigenvalue weighted by Gasteiger charge is 2.15. The van der Waals surface area contributed by atoms with E-state index < -0.39 is 0 Å². The van der Waals surface area contributed by atoms with Crippen molar-refractivity contribution in [3.05, 3.63) is 24.5 Å². The zero-order valence-electron chi connectivity index (χ0n) is 8.66. The number of pyridine rings is 1. The average Bonchev–Trinajstić information content (AvgIpc) is 2.87. The summed E-state index contributed by atoms with van der Waals surface area (Å²) in [6.45, 7) is 0. The van der Waals surface area contributed by atoms with E-state index in [4.69, 9.17) is 0 Å². The Morgan fingerprint density at radius 1 is 1.27 bits per heavy atom. The van der Waals surface area contributed by atoms with Crippen LogP contribution in [0.4, 0.5) is 5.69 Å². The molecular formula is C12H15N3. The summed E-state index contributed by atoms with van der Waals surface area (Å²) in [4.78, 5) is 7.41. The van der Waals surface area contributed by atoms with Crippen molar-refractivity contribution in [3.63, 3.8) is 0 Å². The maximum atomic E-state index is 4.28. The summed E-state index contributed by atoms with van der Waals surface area (Å²) in [7, 11) is 0. The highest BCUT2D eigenvalue weighted by atomic mass is 14.9. The minimum atomic E-state index is 0.658. The van der Waals surface area contributed by atoms with E-state index in [9.17, 15) is 0 Å². The van der Waals surface area contributed by atoms with Gasteiger partial charge in [-0.2, -0.15) is 0 Å². The second-order valence-electron chi connectivity index (χ2n) is 4.22. The molecule has 2 heterocycles. The van der Waals surface area contributed by atoms with Crippen LogP contribution in [0.2, 0.25) is 0 Å². The van der Waals surface area contributed by atoms with Crippen molar-refractivity contribution < 1.29 is 0 Å². The molecule has 3 heteroatoms. The van der Waals surface area contributed by atoms with E-state index in [1.54, 1.807) is 0 Å². The maximum Gasteiger partial charge on any atom is 0.139 e. The van der Waals surface area contributed by atoms with Gasteiger partial charge in [0, 0.05) is 29.5 Å². The summed E-state index contributed by atoms with van der Waals surface area (Å²) in [5.74, 6) is 0. The number of aromatic amines is 1. The van der Waals surface area contributed by atoms with Gasteiger partial charge in [-0.3, -0.25) is 0 Å². The largest absolute Gasteiger partial charge is 0.382 e. The number of hydrogen-bond donors (Lipinski definition) is 2. The van der Waals surface area contributed by atoms with Crippen LogP contribution in [0.1, 0.15) is 25.7 Å². The van der Waals surface area contributed by atoms with Crippen molar-refractivity contribution in [2.75, 3.05) is 5.32 Å². The fourth-order valence-corrected chi connectivity index (χ4v) is 2.38. The number of H-pyrrole nitrogens is 1. The zero-order chi connectivity index (χ0) is 10.1. The molecule has 1 aliphatic carbocycles. The Morgan fingerprint density at radius 2 is 2.13 bits per heavy atom. The van der Waals surface area contributed by atoms with E-state index in [0.717, 1.165) is 5.65 Å². The third kappa shape index (κ3) is 1.58. The number of nitrogens with one attached hydrogen (secondary N) is 2. The number of rotatable bonds is 2. The van der Waals surface area contributed by atoms with Gasteiger partial charge in [-0.05, 0) is 25.0 Å². The Hall–Kier alpha value is -1.51. The van der Waals surface area contributed by atoms with Gasteiger partial charge < -0.3 is 10.3 Å². The van der Waals surface area contributed by atoms with E-state index in [1.165, 1.54) is 36.8 Å². The van der Waals surface area contributed by atoms with Crippen molar-refractivity contribution in [3.8, 4) is 0 Å². The standard InChI is InChI=1S/C12H15N3/c1-2-4-9(3-1)15-11-6-8-14-12-10(11)5-7-13-12/h5-9H,1-4H2,(H2,13,14,15). The predicted octanol–water partition coefficient (Wildman–Crippen LogP) is 2.92. The number of hydrogen-bond acceptors (Lipinski definition) is 2. The smallest absolute Gasteiger partial charge is 0.139 e. The SMILES string of the molecule is c1cc(NC2CCCC2)c2cc[nH]c2n1. The molecule has 0 atom stereocenters. The normalized spacial score (nSPS) is 17.3. The molecule has 0 spiro atoms. The molecule has 0 aromatic carbocycles. The van der Waals surface area contributed by atoms with Crippen LogP contribution >= 0.6 is 0 Å². The van der Waals surface area contributed by atoms with E-state index in [1.807, 2.05) is 12.4 Å². The molecule has 0 saturated heterocycles. The quantitative estimate of drug-likeness (QED) is 0.784. The van der Waals surface area contributed by atoms with Crippen LogP contribution in [0.3, 0.4) is 0 Å². The van der Waals surface area contributed by atoms with Gasteiger partial charge in [-0.15, -0.1) is 0 Å². The molecule has 0 bridgehead atoms. The molecule has 78 valence electrons. The van der Waals surface area contributed by atoms with Crippen LogP contribution < -0.4 is 5.32 Å². The Morgan fingerprint density at radius 3 is 3.00 bits per heavy atom. The van der Waals surface area contributed by atoms with E-state index in [2.05, 4.69) is 27.4 Å². The summed E-state index contributed by atoms with van der Waals surface area (Å²) in [6, 6.07) is 4.80. The fraction of sp³-hybridized carbons (Fsp3) is 0.417. The van der Waals surface area contributed by atoms with Gasteiger partial charge in [-0.1, -0.05) is 12.8 Å². The molecule has 0 radical (unpaired) electrons. The molecule has 2 N–H and O–H groups in total. The first-order valence-electron chi connectivity index (χ1n) is 5.62. The first-order valence-corrected chi connectivity index (χ1v) is 5.62. The van der Waals surface area contributed by atoms with Crippen molar-refractivity contribution in [1.29, 1.82) is 0 Å². The van der Waals surface area contributed by atoms with Gasteiger partial charge in [0.25, 0.3) is 0 Å². The third-order valence-corrected chi connectivity index (χ3v) is 3.17. The van der Waals surface area contributed by atoms with Gasteiger partial charge in [0.1, 0.15) is 5.65 Å². The molecule has 3 nitrogen and oxygen atoms in total. The summed E-state index contributed by atoms with van der Waals surface area (Å²) >= 11 is 0. The summed E-state index contributed by atoms with van der Waals surface area (Å²) in [5.41, 5.74) is 2.19. The monoisotopic (exact) mass is 201 g/mol. The summed E-state index contributed by atoms with van der Waals surface area (Å²) in [5, 5.41) is 4.81. The van der Waals surface area contributed by atoms with Crippen LogP contribution in [-0.4, -0.2) is 16.0 Å². The molecule has 3 rings (SSSR count). The van der Waals surface area contributed by atoms with Gasteiger partial charge in [0.2, 0.25) is 0 Å². The van der Waals surface area contributed by atoms with Crippen molar-refractivity contribution >= 4 is 16.7 Å². The van der Waals surface area contributed by atoms with Crippen LogP contribution in [0.15, 0.2) is 24.5 Å². The van der Waals surface area contributed by atoms with E-state index in [0.29, 0.717) is 6.04 Å². The van der Waals surface area contributed by atoms with Crippen LogP contribution in [0.25, 0.3) is 11.0 Å². The van der Waals surface area contributed by atoms with Crippen LogP contribution in [0, 0.1) is 0 Å². The summed E-state index contributed by atoms with van der Waals surface area (Å²) in [6.07, 6.45) is 9.12. The fourth-order valence-electron chi connectivity index (χ4n) is 2.38. The molecule has 1 fully saturated rings. The second kappa shape index (κ2) is 3.57. The number of nitrogens with zero attached hydrogens (tertiary/aromatic N) is 1. The molecule has 0 amide bonds. The minimum Gasteiger partial charge on any atom is -0.382 e. The topological polar surface area (TPSA) is 40.7 Å². The van der Waals surface area contributed by atoms with Crippen molar-refractivity contribution in [2.45, 2.75) is 31.7 Å². The van der Waals surface area contributed by atoms with Gasteiger partial charge >= 0.3 is 0 Å². The van der Waals surface area contributed by atoms with Crippen molar-refractivity contribution in [2.24, 2.45) is 0 Å². The zero-order valence-corrected chi connectivity index (χ0v) is 8.66. The van der Waals surface area contributed by atoms with Gasteiger partial charge in [-0.25, -0.2) is 4.98 Å². The molecule has 2 aromatic heterocycles. The molecule has 1 aliphatic rings. The number of anilines is 1. The lowest BCUT2D eigenvalue weighted by molar-refractivity contribution is 0.756. The van der Waals surface area contributed by atoms with Gasteiger partial charge in [0.05, 0.1) is 0 Å². The highest BCUT2D eigenvalue weighted by Crippen LogP contribution is 2.26. The molecular weight excluding hydrogens is 186 g/mol. The van der Waals surface area contributed by atoms with Crippen LogP contribution in [-0.2, 0) is 0 Å². The molecule has 1 saturated carbocycles. The Labute approximate surface area is 88.9 Å². The first kappa shape index (κ1) is 8.77. The maximum absolute atomic E-state index is 4.28. The molecule has 0 unspecified atom stereocenters. The van der Waals surface area contributed by atoms with Crippen molar-refractivity contribution in [1.82, 2.24) is 9.97 Å². The third-order valence-electron chi connectivity index (χ3n) is 3.17. The van der Waals surface area contributed by atoms with Gasteiger partial charge in [0.15, 0.2) is 0 Å². The lowest BCUT2D eigenvalue weighted by Gasteiger charge is -2.13. The Bertz CT molecular complexity index is 455. The number of fused-ring (bicyclic) bond motifs is 1. The minimum absolute atomic E-state index is 0.658. The highest BCUT2D eigenvalue weighted by molar-refractivity contribution is 5.89. The molecule has 0 aliphatic heterocycles. The molecule has 2 aromatic rings. The Balaban J connectivity index is 1.92. The van der Waals surface area contributed by atoms with E-state index >= 15 is 0 Å². The molecule has 15 heavy (non-hydrogen) atoms. The first-order chi connectivity index (χ1) is 7.43. The second-order valence-corrected chi connectivity index (χ2v) is 4.22. The Kier molecular flexibility index (Phi) is 2.09. The van der Waals surface area contributed by atoms with Crippen LogP contribution in [0.5, 0.6) is 0 Å². The predicted molar refractivity (Wildman–Crippen MR) is 62.0 cm³/mol. The van der Waals surface area contributed by atoms with E-state index in [-0.39, 0.29) is 0 Å². The lowest BCUT2D eigenvalue weighted by Crippen LogP contribution is -2.14. The average molecular weight is 201 g/mol. The summed E-state index contributed by atoms with van der Waals surface area (Å²) < 4.78 is 0. The lowest BCUT2D eigenvalue weighted by atomic mass is 10.2.